The quantitative estimate of drug-likeness (QED) is 0.592. The lowest BCUT2D eigenvalue weighted by Crippen LogP contribution is -2.37. The molecule has 1 aliphatic rings. The molecule has 1 heterocycles. The van der Waals surface area contributed by atoms with E-state index in [1.54, 1.807) is 13.0 Å². The molecule has 0 aromatic carbocycles. The zero-order chi connectivity index (χ0) is 18.4. The van der Waals surface area contributed by atoms with Crippen molar-refractivity contribution in [2.24, 2.45) is 0 Å². The van der Waals surface area contributed by atoms with Gasteiger partial charge in [-0.3, -0.25) is 14.0 Å². The fraction of sp³-hybridized carbons (Fsp3) is 0.625. The molecule has 3 N–H and O–H groups in total. The summed E-state index contributed by atoms with van der Waals surface area (Å²) in [4.78, 5) is 13.8. The SMILES string of the molecule is Cc1c(CCCOS(=O)(=O)NC2CCCCC2)c(O)[nH]c(=O)c1C#N.Cl. The molecule has 1 aromatic rings. The fourth-order valence-electron chi connectivity index (χ4n) is 3.06. The van der Waals surface area contributed by atoms with Gasteiger partial charge < -0.3 is 5.11 Å². The number of rotatable bonds is 7. The van der Waals surface area contributed by atoms with E-state index in [4.69, 9.17) is 9.44 Å². The summed E-state index contributed by atoms with van der Waals surface area (Å²) >= 11 is 0. The number of hydrogen-bond acceptors (Lipinski definition) is 6. The van der Waals surface area contributed by atoms with Crippen LogP contribution in [0.3, 0.4) is 0 Å². The van der Waals surface area contributed by atoms with Crippen LogP contribution in [0, 0.1) is 18.3 Å². The minimum atomic E-state index is -3.80. The summed E-state index contributed by atoms with van der Waals surface area (Å²) < 4.78 is 31.3. The van der Waals surface area contributed by atoms with E-state index in [0.29, 0.717) is 17.5 Å². The molecule has 0 atom stereocenters. The molecule has 1 fully saturated rings. The van der Waals surface area contributed by atoms with Gasteiger partial charge in [-0.1, -0.05) is 19.3 Å². The van der Waals surface area contributed by atoms with Crippen molar-refractivity contribution in [2.75, 3.05) is 6.61 Å². The van der Waals surface area contributed by atoms with Gasteiger partial charge in [0.15, 0.2) is 5.88 Å². The van der Waals surface area contributed by atoms with Gasteiger partial charge in [0, 0.05) is 11.6 Å². The smallest absolute Gasteiger partial charge is 0.336 e. The molecular weight excluding hydrogens is 382 g/mol. The largest absolute Gasteiger partial charge is 0.494 e. The third kappa shape index (κ3) is 5.99. The summed E-state index contributed by atoms with van der Waals surface area (Å²) in [6, 6.07) is 1.73. The standard InChI is InChI=1S/C16H23N3O5S.ClH/c1-11-13(15(20)18-16(21)14(11)10-17)8-5-9-24-25(22,23)19-12-6-3-2-4-7-12;/h12,19H,2-9H2,1H3,(H2,18,20,21);1H. The minimum absolute atomic E-state index is 0. The second-order valence-corrected chi connectivity index (χ2v) is 7.61. The van der Waals surface area contributed by atoms with Gasteiger partial charge in [0.2, 0.25) is 0 Å². The van der Waals surface area contributed by atoms with Gasteiger partial charge in [0.1, 0.15) is 11.6 Å². The van der Waals surface area contributed by atoms with Crippen molar-refractivity contribution in [2.45, 2.75) is 57.9 Å². The molecule has 2 rings (SSSR count). The number of nitrogens with zero attached hydrogens (tertiary/aromatic N) is 1. The van der Waals surface area contributed by atoms with E-state index in [2.05, 4.69) is 9.71 Å². The van der Waals surface area contributed by atoms with Crippen LogP contribution in [0.1, 0.15) is 55.2 Å². The van der Waals surface area contributed by atoms with Crippen LogP contribution in [0.4, 0.5) is 0 Å². The zero-order valence-electron chi connectivity index (χ0n) is 14.6. The molecule has 0 spiro atoms. The third-order valence-corrected chi connectivity index (χ3v) is 5.51. The molecule has 1 aromatic heterocycles. The molecule has 10 heteroatoms. The van der Waals surface area contributed by atoms with Crippen LogP contribution in [0.25, 0.3) is 0 Å². The Balaban J connectivity index is 0.00000338. The van der Waals surface area contributed by atoms with Crippen LogP contribution in [-0.2, 0) is 20.9 Å². The molecule has 0 radical (unpaired) electrons. The Morgan fingerprint density at radius 1 is 1.35 bits per heavy atom. The molecule has 0 saturated heterocycles. The highest BCUT2D eigenvalue weighted by molar-refractivity contribution is 7.84. The molecule has 0 aliphatic heterocycles. The van der Waals surface area contributed by atoms with Crippen molar-refractivity contribution >= 4 is 22.7 Å². The number of hydrogen-bond donors (Lipinski definition) is 3. The number of aromatic nitrogens is 1. The lowest BCUT2D eigenvalue weighted by Gasteiger charge is -2.22. The number of pyridine rings is 1. The van der Waals surface area contributed by atoms with Gasteiger partial charge in [0.25, 0.3) is 5.56 Å². The molecule has 0 amide bonds. The number of aromatic hydroxyl groups is 1. The molecule has 0 unspecified atom stereocenters. The topological polar surface area (TPSA) is 132 Å². The normalized spacial score (nSPS) is 15.2. The lowest BCUT2D eigenvalue weighted by molar-refractivity contribution is 0.294. The van der Waals surface area contributed by atoms with E-state index in [1.165, 1.54) is 0 Å². The molecule has 1 saturated carbocycles. The number of nitrogens with one attached hydrogen (secondary N) is 2. The Kier molecular flexibility index (Phi) is 8.56. The van der Waals surface area contributed by atoms with Crippen LogP contribution >= 0.6 is 12.4 Å². The van der Waals surface area contributed by atoms with Gasteiger partial charge in [-0.2, -0.15) is 18.4 Å². The van der Waals surface area contributed by atoms with Crippen molar-refractivity contribution in [3.63, 3.8) is 0 Å². The lowest BCUT2D eigenvalue weighted by atomic mass is 9.96. The number of aromatic amines is 1. The average Bonchev–Trinajstić information content (AvgIpc) is 2.54. The highest BCUT2D eigenvalue weighted by atomic mass is 35.5. The second-order valence-electron chi connectivity index (χ2n) is 6.23. The van der Waals surface area contributed by atoms with E-state index in [1.807, 2.05) is 0 Å². The predicted octanol–water partition coefficient (Wildman–Crippen LogP) is 1.80. The first-order chi connectivity index (χ1) is 11.8. The molecular formula is C16H24ClN3O5S. The summed E-state index contributed by atoms with van der Waals surface area (Å²) in [7, 11) is -3.80. The van der Waals surface area contributed by atoms with Crippen LogP contribution in [0.5, 0.6) is 5.88 Å². The van der Waals surface area contributed by atoms with E-state index in [9.17, 15) is 18.3 Å². The summed E-state index contributed by atoms with van der Waals surface area (Å²) in [6.07, 6.45) is 5.40. The van der Waals surface area contributed by atoms with Crippen molar-refractivity contribution in [1.82, 2.24) is 9.71 Å². The van der Waals surface area contributed by atoms with Gasteiger partial charge in [-0.15, -0.1) is 12.4 Å². The first-order valence-electron chi connectivity index (χ1n) is 8.35. The summed E-state index contributed by atoms with van der Waals surface area (Å²) in [5.74, 6) is -0.301. The molecule has 26 heavy (non-hydrogen) atoms. The van der Waals surface area contributed by atoms with E-state index >= 15 is 0 Å². The van der Waals surface area contributed by atoms with Crippen LogP contribution < -0.4 is 10.3 Å². The Hall–Kier alpha value is -1.60. The van der Waals surface area contributed by atoms with Crippen molar-refractivity contribution in [3.8, 4) is 11.9 Å². The van der Waals surface area contributed by atoms with E-state index in [0.717, 1.165) is 32.1 Å². The summed E-state index contributed by atoms with van der Waals surface area (Å²) in [5.41, 5.74) is 0.112. The van der Waals surface area contributed by atoms with E-state index in [-0.39, 0.29) is 42.9 Å². The van der Waals surface area contributed by atoms with Crippen molar-refractivity contribution < 1.29 is 17.7 Å². The highest BCUT2D eigenvalue weighted by Crippen LogP contribution is 2.21. The zero-order valence-corrected chi connectivity index (χ0v) is 16.2. The maximum Gasteiger partial charge on any atom is 0.336 e. The van der Waals surface area contributed by atoms with E-state index < -0.39 is 15.9 Å². The Bertz CT molecular complexity index is 810. The van der Waals surface area contributed by atoms with Gasteiger partial charge in [-0.05, 0) is 38.2 Å². The predicted molar refractivity (Wildman–Crippen MR) is 98.6 cm³/mol. The van der Waals surface area contributed by atoms with Gasteiger partial charge in [0.05, 0.1) is 6.61 Å². The maximum absolute atomic E-state index is 11.9. The maximum atomic E-state index is 11.9. The summed E-state index contributed by atoms with van der Waals surface area (Å²) in [5, 5.41) is 18.8. The fourth-order valence-corrected chi connectivity index (χ4v) is 4.11. The second kappa shape index (κ2) is 9.92. The third-order valence-electron chi connectivity index (χ3n) is 4.41. The van der Waals surface area contributed by atoms with Gasteiger partial charge in [-0.25, -0.2) is 0 Å². The Morgan fingerprint density at radius 2 is 2.00 bits per heavy atom. The number of nitriles is 1. The van der Waals surface area contributed by atoms with Crippen molar-refractivity contribution in [1.29, 1.82) is 5.26 Å². The van der Waals surface area contributed by atoms with Crippen molar-refractivity contribution in [3.05, 3.63) is 27.0 Å². The molecule has 146 valence electrons. The van der Waals surface area contributed by atoms with Crippen LogP contribution in [-0.4, -0.2) is 31.2 Å². The van der Waals surface area contributed by atoms with Crippen LogP contribution in [0.2, 0.25) is 0 Å². The molecule has 1 aliphatic carbocycles. The first kappa shape index (κ1) is 22.4. The van der Waals surface area contributed by atoms with Crippen LogP contribution in [0.15, 0.2) is 4.79 Å². The monoisotopic (exact) mass is 405 g/mol. The molecule has 0 bridgehead atoms. The first-order valence-corrected chi connectivity index (χ1v) is 9.76. The minimum Gasteiger partial charge on any atom is -0.494 e. The van der Waals surface area contributed by atoms with Gasteiger partial charge >= 0.3 is 10.3 Å². The highest BCUT2D eigenvalue weighted by Gasteiger charge is 2.20. The summed E-state index contributed by atoms with van der Waals surface area (Å²) in [6.45, 7) is 1.52. The molecule has 8 nitrogen and oxygen atoms in total. The number of H-pyrrole nitrogens is 1. The average molecular weight is 406 g/mol. The Morgan fingerprint density at radius 3 is 2.62 bits per heavy atom. The Labute approximate surface area is 159 Å². The number of halogens is 1.